The van der Waals surface area contributed by atoms with Crippen LogP contribution >= 0.6 is 0 Å². The van der Waals surface area contributed by atoms with Crippen molar-refractivity contribution in [1.82, 2.24) is 15.0 Å². The van der Waals surface area contributed by atoms with Crippen molar-refractivity contribution in [2.75, 3.05) is 7.11 Å². The number of aliphatic hydroxyl groups excluding tert-OH is 1. The van der Waals surface area contributed by atoms with E-state index in [1.54, 1.807) is 54.4 Å². The molecule has 4 aromatic rings. The Balaban J connectivity index is 1.78. The molecule has 3 aromatic carbocycles. The van der Waals surface area contributed by atoms with Gasteiger partial charge in [-0.2, -0.15) is 0 Å². The molecule has 7 nitrogen and oxygen atoms in total. The lowest BCUT2D eigenvalue weighted by atomic mass is 10.2. The van der Waals surface area contributed by atoms with Crippen LogP contribution in [-0.2, 0) is 16.4 Å². The number of sulfone groups is 1. The Bertz CT molecular complexity index is 1280. The van der Waals surface area contributed by atoms with E-state index in [0.29, 0.717) is 28.3 Å². The fourth-order valence-electron chi connectivity index (χ4n) is 3.14. The molecule has 0 fully saturated rings. The molecular weight excluding hydrogens is 402 g/mol. The second-order valence-electron chi connectivity index (χ2n) is 6.52. The van der Waals surface area contributed by atoms with Gasteiger partial charge in [0.25, 0.3) is 0 Å². The van der Waals surface area contributed by atoms with Gasteiger partial charge in [-0.3, -0.25) is 0 Å². The van der Waals surface area contributed by atoms with Crippen molar-refractivity contribution < 1.29 is 18.3 Å². The minimum Gasteiger partial charge on any atom is -0.494 e. The largest absolute Gasteiger partial charge is 0.494 e. The third kappa shape index (κ3) is 3.58. The Morgan fingerprint density at radius 1 is 0.967 bits per heavy atom. The van der Waals surface area contributed by atoms with Crippen LogP contribution in [0.1, 0.15) is 5.56 Å². The van der Waals surface area contributed by atoms with Gasteiger partial charge < -0.3 is 9.84 Å². The molecule has 0 unspecified atom stereocenters. The van der Waals surface area contributed by atoms with Crippen molar-refractivity contribution in [3.05, 3.63) is 84.6 Å². The molecule has 8 heteroatoms. The summed E-state index contributed by atoms with van der Waals surface area (Å²) in [7, 11) is -2.22. The standard InChI is InChI=1S/C22H19N3O4S/c1-29-21-8-4-3-7-20(21)25-14-19(23-24-25)18-6-2-5-9-22(18)30(27,28)17-12-10-16(15-26)11-13-17/h2-14,26H,15H2,1H3. The topological polar surface area (TPSA) is 94.3 Å². The summed E-state index contributed by atoms with van der Waals surface area (Å²) >= 11 is 0. The van der Waals surface area contributed by atoms with E-state index in [-0.39, 0.29) is 16.4 Å². The summed E-state index contributed by atoms with van der Waals surface area (Å²) in [5.41, 5.74) is 2.21. The summed E-state index contributed by atoms with van der Waals surface area (Å²) in [6.45, 7) is -0.150. The fourth-order valence-corrected chi connectivity index (χ4v) is 4.61. The summed E-state index contributed by atoms with van der Waals surface area (Å²) in [5, 5.41) is 17.5. The third-order valence-corrected chi connectivity index (χ3v) is 6.52. The van der Waals surface area contributed by atoms with Crippen LogP contribution in [0.3, 0.4) is 0 Å². The van der Waals surface area contributed by atoms with Gasteiger partial charge in [-0.25, -0.2) is 13.1 Å². The maximum atomic E-state index is 13.3. The summed E-state index contributed by atoms with van der Waals surface area (Å²) in [5.74, 6) is 0.624. The van der Waals surface area contributed by atoms with Crippen molar-refractivity contribution >= 4 is 9.84 Å². The maximum absolute atomic E-state index is 13.3. The van der Waals surface area contributed by atoms with Crippen LogP contribution in [0.15, 0.2) is 88.8 Å². The molecule has 0 radical (unpaired) electrons. The summed E-state index contributed by atoms with van der Waals surface area (Å²) in [4.78, 5) is 0.276. The summed E-state index contributed by atoms with van der Waals surface area (Å²) in [6.07, 6.45) is 1.67. The first-order valence-corrected chi connectivity index (χ1v) is 10.6. The Labute approximate surface area is 174 Å². The van der Waals surface area contributed by atoms with Gasteiger partial charge in [-0.1, -0.05) is 47.7 Å². The van der Waals surface area contributed by atoms with Crippen molar-refractivity contribution in [3.63, 3.8) is 0 Å². The van der Waals surface area contributed by atoms with Crippen LogP contribution in [-0.4, -0.2) is 35.6 Å². The highest BCUT2D eigenvalue weighted by molar-refractivity contribution is 7.91. The van der Waals surface area contributed by atoms with E-state index in [2.05, 4.69) is 10.3 Å². The lowest BCUT2D eigenvalue weighted by molar-refractivity contribution is 0.282. The van der Waals surface area contributed by atoms with E-state index >= 15 is 0 Å². The highest BCUT2D eigenvalue weighted by Crippen LogP contribution is 2.31. The molecule has 0 saturated heterocycles. The van der Waals surface area contributed by atoms with Crippen LogP contribution in [0.4, 0.5) is 0 Å². The Kier molecular flexibility index (Phi) is 5.35. The lowest BCUT2D eigenvalue weighted by Crippen LogP contribution is -2.04. The molecule has 0 amide bonds. The highest BCUT2D eigenvalue weighted by atomic mass is 32.2. The first-order chi connectivity index (χ1) is 14.5. The first kappa shape index (κ1) is 19.8. The minimum absolute atomic E-state index is 0.133. The number of rotatable bonds is 6. The van der Waals surface area contributed by atoms with Gasteiger partial charge in [0.1, 0.15) is 17.1 Å². The number of hydrogen-bond acceptors (Lipinski definition) is 6. The molecule has 0 aliphatic rings. The zero-order valence-electron chi connectivity index (χ0n) is 16.1. The third-order valence-electron chi connectivity index (χ3n) is 4.69. The zero-order chi connectivity index (χ0) is 21.1. The minimum atomic E-state index is -3.79. The highest BCUT2D eigenvalue weighted by Gasteiger charge is 2.23. The predicted octanol–water partition coefficient (Wildman–Crippen LogP) is 3.27. The second-order valence-corrected chi connectivity index (χ2v) is 8.44. The number of para-hydroxylation sites is 2. The van der Waals surface area contributed by atoms with E-state index in [9.17, 15) is 13.5 Å². The quantitative estimate of drug-likeness (QED) is 0.514. The van der Waals surface area contributed by atoms with Gasteiger partial charge in [0, 0.05) is 5.56 Å². The van der Waals surface area contributed by atoms with Gasteiger partial charge >= 0.3 is 0 Å². The lowest BCUT2D eigenvalue weighted by Gasteiger charge is -2.09. The number of benzene rings is 3. The van der Waals surface area contributed by atoms with Crippen molar-refractivity contribution in [3.8, 4) is 22.7 Å². The molecule has 0 bridgehead atoms. The number of nitrogens with zero attached hydrogens (tertiary/aromatic N) is 3. The molecule has 1 N–H and O–H groups in total. The number of aromatic nitrogens is 3. The molecule has 152 valence electrons. The molecule has 0 saturated carbocycles. The number of methoxy groups -OCH3 is 1. The molecule has 1 aromatic heterocycles. The predicted molar refractivity (Wildman–Crippen MR) is 111 cm³/mol. The normalized spacial score (nSPS) is 11.4. The molecular formula is C22H19N3O4S. The van der Waals surface area contributed by atoms with Crippen LogP contribution in [0, 0.1) is 0 Å². The Morgan fingerprint density at radius 2 is 1.67 bits per heavy atom. The number of aliphatic hydroxyl groups is 1. The van der Waals surface area contributed by atoms with E-state index in [1.165, 1.54) is 12.1 Å². The van der Waals surface area contributed by atoms with Crippen molar-refractivity contribution in [2.24, 2.45) is 0 Å². The molecule has 0 spiro atoms. The summed E-state index contributed by atoms with van der Waals surface area (Å²) in [6, 6.07) is 20.2. The average Bonchev–Trinajstić information content (AvgIpc) is 3.29. The SMILES string of the molecule is COc1ccccc1-n1cc(-c2ccccc2S(=O)(=O)c2ccc(CO)cc2)nn1. The fraction of sp³-hybridized carbons (Fsp3) is 0.0909. The molecule has 30 heavy (non-hydrogen) atoms. The average molecular weight is 421 g/mol. The summed E-state index contributed by atoms with van der Waals surface area (Å²) < 4.78 is 33.5. The van der Waals surface area contributed by atoms with Gasteiger partial charge in [0.05, 0.1) is 29.7 Å². The van der Waals surface area contributed by atoms with Crippen LogP contribution in [0.2, 0.25) is 0 Å². The number of hydrogen-bond donors (Lipinski definition) is 1. The van der Waals surface area contributed by atoms with Crippen LogP contribution in [0.25, 0.3) is 16.9 Å². The van der Waals surface area contributed by atoms with Gasteiger partial charge in [0.15, 0.2) is 0 Å². The van der Waals surface area contributed by atoms with E-state index in [1.807, 2.05) is 24.3 Å². The molecule has 0 aliphatic heterocycles. The molecule has 0 aliphatic carbocycles. The molecule has 1 heterocycles. The Hall–Kier alpha value is -3.49. The van der Waals surface area contributed by atoms with Crippen molar-refractivity contribution in [1.29, 1.82) is 0 Å². The Morgan fingerprint density at radius 3 is 2.40 bits per heavy atom. The van der Waals surface area contributed by atoms with Crippen LogP contribution < -0.4 is 4.74 Å². The van der Waals surface area contributed by atoms with E-state index < -0.39 is 9.84 Å². The first-order valence-electron chi connectivity index (χ1n) is 9.14. The van der Waals surface area contributed by atoms with E-state index in [0.717, 1.165) is 0 Å². The van der Waals surface area contributed by atoms with Crippen molar-refractivity contribution in [2.45, 2.75) is 16.4 Å². The molecule has 4 rings (SSSR count). The zero-order valence-corrected chi connectivity index (χ0v) is 17.0. The van der Waals surface area contributed by atoms with E-state index in [4.69, 9.17) is 4.74 Å². The second kappa shape index (κ2) is 8.10. The molecule has 0 atom stereocenters. The number of ether oxygens (including phenoxy) is 1. The van der Waals surface area contributed by atoms with Gasteiger partial charge in [-0.15, -0.1) is 5.10 Å². The maximum Gasteiger partial charge on any atom is 0.207 e. The van der Waals surface area contributed by atoms with Crippen LogP contribution in [0.5, 0.6) is 5.75 Å². The monoisotopic (exact) mass is 421 g/mol. The smallest absolute Gasteiger partial charge is 0.207 e. The van der Waals surface area contributed by atoms with Gasteiger partial charge in [-0.05, 0) is 35.9 Å². The van der Waals surface area contributed by atoms with Gasteiger partial charge in [0.2, 0.25) is 9.84 Å².